The monoisotopic (exact) mass is 263 g/mol. The fourth-order valence-electron chi connectivity index (χ4n) is 1.91. The van der Waals surface area contributed by atoms with Crippen LogP contribution in [0.4, 0.5) is 14.6 Å². The minimum absolute atomic E-state index is 0.158. The van der Waals surface area contributed by atoms with Crippen molar-refractivity contribution >= 4 is 5.82 Å². The van der Waals surface area contributed by atoms with Gasteiger partial charge in [-0.2, -0.15) is 0 Å². The van der Waals surface area contributed by atoms with Crippen LogP contribution in [0.25, 0.3) is 11.3 Å². The van der Waals surface area contributed by atoms with Crippen LogP contribution in [-0.4, -0.2) is 17.0 Å². The summed E-state index contributed by atoms with van der Waals surface area (Å²) in [5.74, 6) is 0.241. The minimum atomic E-state index is -0.493. The Bertz CT molecular complexity index is 612. The third-order valence-electron chi connectivity index (χ3n) is 2.93. The molecule has 0 aliphatic rings. The number of benzene rings is 1. The highest BCUT2D eigenvalue weighted by Crippen LogP contribution is 2.28. The molecule has 0 fully saturated rings. The first-order valence-corrected chi connectivity index (χ1v) is 6.07. The van der Waals surface area contributed by atoms with Gasteiger partial charge in [0.05, 0.1) is 5.69 Å². The Hall–Kier alpha value is -2.04. The van der Waals surface area contributed by atoms with Crippen molar-refractivity contribution in [3.63, 3.8) is 0 Å². The molecule has 0 amide bonds. The highest BCUT2D eigenvalue weighted by molar-refractivity contribution is 5.68. The van der Waals surface area contributed by atoms with Crippen LogP contribution >= 0.6 is 0 Å². The maximum atomic E-state index is 13.9. The molecule has 2 rings (SSSR count). The summed E-state index contributed by atoms with van der Waals surface area (Å²) in [4.78, 5) is 8.62. The number of aromatic nitrogens is 2. The third kappa shape index (κ3) is 2.54. The number of anilines is 1. The van der Waals surface area contributed by atoms with Crippen LogP contribution < -0.4 is 5.32 Å². The van der Waals surface area contributed by atoms with Crippen molar-refractivity contribution in [3.8, 4) is 11.3 Å². The Morgan fingerprint density at radius 2 is 1.95 bits per heavy atom. The van der Waals surface area contributed by atoms with E-state index in [-0.39, 0.29) is 5.56 Å². The molecule has 1 heterocycles. The smallest absolute Gasteiger partial charge is 0.133 e. The molecular formula is C14H15F2N3. The van der Waals surface area contributed by atoms with E-state index in [0.29, 0.717) is 29.3 Å². The summed E-state index contributed by atoms with van der Waals surface area (Å²) in [6.45, 7) is 3.70. The Morgan fingerprint density at radius 3 is 2.58 bits per heavy atom. The molecule has 1 aromatic heterocycles. The van der Waals surface area contributed by atoms with Gasteiger partial charge in [0.1, 0.15) is 23.3 Å². The molecule has 1 N–H and O–H groups in total. The summed E-state index contributed by atoms with van der Waals surface area (Å²) in [5.41, 5.74) is 1.28. The fourth-order valence-corrected chi connectivity index (χ4v) is 1.91. The summed E-state index contributed by atoms with van der Waals surface area (Å²) in [6, 6.07) is 3.36. The first-order valence-electron chi connectivity index (χ1n) is 6.07. The summed E-state index contributed by atoms with van der Waals surface area (Å²) >= 11 is 0. The van der Waals surface area contributed by atoms with E-state index >= 15 is 0 Å². The van der Waals surface area contributed by atoms with E-state index in [0.717, 1.165) is 18.2 Å². The third-order valence-corrected chi connectivity index (χ3v) is 2.93. The Kier molecular flexibility index (Phi) is 3.74. The van der Waals surface area contributed by atoms with Crippen molar-refractivity contribution in [2.24, 2.45) is 0 Å². The number of hydrogen-bond acceptors (Lipinski definition) is 3. The van der Waals surface area contributed by atoms with E-state index in [1.54, 1.807) is 14.0 Å². The van der Waals surface area contributed by atoms with Crippen LogP contribution in [-0.2, 0) is 6.42 Å². The molecule has 0 aliphatic heterocycles. The zero-order valence-corrected chi connectivity index (χ0v) is 11.1. The van der Waals surface area contributed by atoms with Gasteiger partial charge in [0.2, 0.25) is 0 Å². The minimum Gasteiger partial charge on any atom is -0.373 e. The Labute approximate surface area is 110 Å². The zero-order valence-electron chi connectivity index (χ0n) is 11.1. The van der Waals surface area contributed by atoms with Crippen molar-refractivity contribution in [3.05, 3.63) is 41.2 Å². The topological polar surface area (TPSA) is 37.8 Å². The summed E-state index contributed by atoms with van der Waals surface area (Å²) in [7, 11) is 1.74. The number of nitrogens with zero attached hydrogens (tertiary/aromatic N) is 2. The molecule has 5 heteroatoms. The molecule has 0 atom stereocenters. The summed E-state index contributed by atoms with van der Waals surface area (Å²) in [5, 5.41) is 2.95. The van der Waals surface area contributed by atoms with Crippen molar-refractivity contribution in [2.45, 2.75) is 20.3 Å². The van der Waals surface area contributed by atoms with Crippen LogP contribution in [0.5, 0.6) is 0 Å². The SMILES string of the molecule is CCc1nc(NC)c(C)c(-c2cc(F)ccc2F)n1. The molecule has 0 spiro atoms. The first kappa shape index (κ1) is 13.4. The Morgan fingerprint density at radius 1 is 1.21 bits per heavy atom. The molecule has 3 nitrogen and oxygen atoms in total. The van der Waals surface area contributed by atoms with Gasteiger partial charge in [-0.3, -0.25) is 0 Å². The molecule has 0 bridgehead atoms. The number of halogens is 2. The van der Waals surface area contributed by atoms with E-state index in [1.165, 1.54) is 0 Å². The average Bonchev–Trinajstić information content (AvgIpc) is 2.42. The number of aryl methyl sites for hydroxylation is 1. The molecule has 0 saturated heterocycles. The lowest BCUT2D eigenvalue weighted by atomic mass is 10.1. The normalized spacial score (nSPS) is 10.6. The van der Waals surface area contributed by atoms with Crippen LogP contribution in [0.1, 0.15) is 18.3 Å². The van der Waals surface area contributed by atoms with Crippen LogP contribution in [0.15, 0.2) is 18.2 Å². The molecule has 0 aliphatic carbocycles. The molecule has 0 radical (unpaired) electrons. The van der Waals surface area contributed by atoms with Crippen LogP contribution in [0, 0.1) is 18.6 Å². The second-order valence-electron chi connectivity index (χ2n) is 4.19. The predicted molar refractivity (Wildman–Crippen MR) is 71.0 cm³/mol. The predicted octanol–water partition coefficient (Wildman–Crippen LogP) is 3.33. The largest absolute Gasteiger partial charge is 0.373 e. The van der Waals surface area contributed by atoms with Gasteiger partial charge in [0, 0.05) is 24.6 Å². The molecule has 100 valence electrons. The maximum Gasteiger partial charge on any atom is 0.133 e. The molecule has 0 saturated carbocycles. The average molecular weight is 263 g/mol. The van der Waals surface area contributed by atoms with Crippen molar-refractivity contribution in [1.29, 1.82) is 0 Å². The number of hydrogen-bond donors (Lipinski definition) is 1. The van der Waals surface area contributed by atoms with Gasteiger partial charge in [-0.05, 0) is 25.1 Å². The van der Waals surface area contributed by atoms with Gasteiger partial charge in [-0.1, -0.05) is 6.92 Å². The van der Waals surface area contributed by atoms with Crippen molar-refractivity contribution in [2.75, 3.05) is 12.4 Å². The lowest BCUT2D eigenvalue weighted by Gasteiger charge is -2.12. The van der Waals surface area contributed by atoms with E-state index in [2.05, 4.69) is 15.3 Å². The lowest BCUT2D eigenvalue weighted by molar-refractivity contribution is 0.602. The zero-order chi connectivity index (χ0) is 14.0. The molecule has 2 aromatic rings. The van der Waals surface area contributed by atoms with Crippen molar-refractivity contribution < 1.29 is 8.78 Å². The Balaban J connectivity index is 2.70. The maximum absolute atomic E-state index is 13.9. The van der Waals surface area contributed by atoms with Gasteiger partial charge in [0.25, 0.3) is 0 Å². The van der Waals surface area contributed by atoms with Gasteiger partial charge < -0.3 is 5.32 Å². The lowest BCUT2D eigenvalue weighted by Crippen LogP contribution is -2.05. The standard InChI is InChI=1S/C14H15F2N3/c1-4-12-18-13(8(2)14(17-3)19-12)10-7-9(15)5-6-11(10)16/h5-7H,4H2,1-3H3,(H,17,18,19). The molecular weight excluding hydrogens is 248 g/mol. The highest BCUT2D eigenvalue weighted by atomic mass is 19.1. The second-order valence-corrected chi connectivity index (χ2v) is 4.19. The van der Waals surface area contributed by atoms with E-state index < -0.39 is 11.6 Å². The van der Waals surface area contributed by atoms with Gasteiger partial charge in [-0.25, -0.2) is 18.7 Å². The summed E-state index contributed by atoms with van der Waals surface area (Å²) in [6.07, 6.45) is 0.624. The van der Waals surface area contributed by atoms with Gasteiger partial charge >= 0.3 is 0 Å². The van der Waals surface area contributed by atoms with E-state index in [9.17, 15) is 8.78 Å². The highest BCUT2D eigenvalue weighted by Gasteiger charge is 2.15. The van der Waals surface area contributed by atoms with E-state index in [4.69, 9.17) is 0 Å². The van der Waals surface area contributed by atoms with Gasteiger partial charge in [0.15, 0.2) is 0 Å². The first-order chi connectivity index (χ1) is 9.06. The number of rotatable bonds is 3. The van der Waals surface area contributed by atoms with E-state index in [1.807, 2.05) is 6.92 Å². The number of nitrogens with one attached hydrogen (secondary N) is 1. The van der Waals surface area contributed by atoms with Crippen LogP contribution in [0.2, 0.25) is 0 Å². The molecule has 1 aromatic carbocycles. The quantitative estimate of drug-likeness (QED) is 0.923. The second kappa shape index (κ2) is 5.30. The van der Waals surface area contributed by atoms with Gasteiger partial charge in [-0.15, -0.1) is 0 Å². The molecule has 19 heavy (non-hydrogen) atoms. The fraction of sp³-hybridized carbons (Fsp3) is 0.286. The van der Waals surface area contributed by atoms with Crippen LogP contribution in [0.3, 0.4) is 0 Å². The van der Waals surface area contributed by atoms with Crippen molar-refractivity contribution in [1.82, 2.24) is 9.97 Å². The molecule has 0 unspecified atom stereocenters. The summed E-state index contributed by atoms with van der Waals surface area (Å²) < 4.78 is 27.2.